The van der Waals surface area contributed by atoms with Crippen molar-refractivity contribution in [2.75, 3.05) is 32.9 Å². The Hall–Kier alpha value is -0.630. The van der Waals surface area contributed by atoms with E-state index >= 15 is 0 Å². The maximum absolute atomic E-state index is 13.0. The zero-order chi connectivity index (χ0) is 33.8. The van der Waals surface area contributed by atoms with E-state index in [9.17, 15) is 9.59 Å². The molecule has 0 N–H and O–H groups in total. The fourth-order valence-electron chi connectivity index (χ4n) is 6.18. The minimum Gasteiger partial charge on any atom is -0.352 e. The van der Waals surface area contributed by atoms with Crippen LogP contribution in [0.2, 0.25) is 0 Å². The fourth-order valence-corrected chi connectivity index (χ4v) is 7.85. The second-order valence-electron chi connectivity index (χ2n) is 13.7. The number of amides is 1. The molecule has 9 heteroatoms. The van der Waals surface area contributed by atoms with Gasteiger partial charge in [0.05, 0.1) is 19.3 Å². The number of carbonyl (C=O) groups excluding carboxylic acids is 2. The molecule has 6 atom stereocenters. The molecule has 266 valence electrons. The molecule has 1 saturated heterocycles. The van der Waals surface area contributed by atoms with E-state index in [-0.39, 0.29) is 18.3 Å². The van der Waals surface area contributed by atoms with E-state index in [4.69, 9.17) is 18.5 Å². The monoisotopic (exact) mass is 659 g/mol. The summed E-state index contributed by atoms with van der Waals surface area (Å²) >= 11 is 0. The second kappa shape index (κ2) is 24.5. The van der Waals surface area contributed by atoms with E-state index < -0.39 is 8.53 Å². The van der Waals surface area contributed by atoms with Crippen molar-refractivity contribution in [3.63, 3.8) is 0 Å². The second-order valence-corrected chi connectivity index (χ2v) is 15.1. The molecule has 0 aromatic heterocycles. The molecule has 1 fully saturated rings. The van der Waals surface area contributed by atoms with E-state index in [2.05, 4.69) is 73.9 Å². The topological polar surface area (TPSA) is 77.5 Å². The number of nitrogens with zero attached hydrogens (tertiary/aromatic N) is 2. The average Bonchev–Trinajstić information content (AvgIpc) is 3.00. The van der Waals surface area contributed by atoms with Crippen molar-refractivity contribution in [2.24, 2.45) is 17.8 Å². The summed E-state index contributed by atoms with van der Waals surface area (Å²) in [6.45, 7) is 25.0. The zero-order valence-corrected chi connectivity index (χ0v) is 31.7. The summed E-state index contributed by atoms with van der Waals surface area (Å²) in [7, 11) is -1.15. The highest BCUT2D eigenvalue weighted by molar-refractivity contribution is 7.44. The van der Waals surface area contributed by atoms with Crippen molar-refractivity contribution in [3.8, 4) is 0 Å². The predicted molar refractivity (Wildman–Crippen MR) is 187 cm³/mol. The largest absolute Gasteiger partial charge is 0.352 e. The van der Waals surface area contributed by atoms with Gasteiger partial charge in [-0.2, -0.15) is 0 Å². The van der Waals surface area contributed by atoms with Gasteiger partial charge in [0.1, 0.15) is 5.78 Å². The highest BCUT2D eigenvalue weighted by atomic mass is 31.2. The van der Waals surface area contributed by atoms with Gasteiger partial charge in [-0.05, 0) is 84.5 Å². The third-order valence-electron chi connectivity index (χ3n) is 9.18. The molecule has 0 aliphatic carbocycles. The van der Waals surface area contributed by atoms with Crippen molar-refractivity contribution < 1.29 is 28.1 Å². The molecular weight excluding hydrogens is 587 g/mol. The van der Waals surface area contributed by atoms with Gasteiger partial charge < -0.3 is 23.4 Å². The smallest absolute Gasteiger partial charge is 0.259 e. The van der Waals surface area contributed by atoms with Gasteiger partial charge in [-0.1, -0.05) is 54.4 Å². The maximum atomic E-state index is 13.0. The van der Waals surface area contributed by atoms with Gasteiger partial charge in [0.25, 0.3) is 8.53 Å². The standard InChI is InChI=1S/C36H71N2O6P/c1-11-23-37(24-27-43-45(42-25-12-2)38(28(4)5)29(6)7)35(40)22-17-15-14-16-20-33(39)21-18-19-26-41-36-32(10)30(8)31(9)34(13-3)44-36/h28-32,34,36H,11-27H2,1-10H3. The van der Waals surface area contributed by atoms with Crippen molar-refractivity contribution in [3.05, 3.63) is 0 Å². The maximum Gasteiger partial charge on any atom is 0.259 e. The molecule has 1 rings (SSSR count). The first kappa shape index (κ1) is 42.4. The predicted octanol–water partition coefficient (Wildman–Crippen LogP) is 9.15. The van der Waals surface area contributed by atoms with Crippen LogP contribution in [-0.2, 0) is 28.1 Å². The SMILES string of the molecule is CCCOP(OCCN(CCC)C(=O)CCCCCCC(=O)CCCCOC1OC(CC)C(C)C(C)C1C)N(C(C)C)C(C)C. The molecule has 6 unspecified atom stereocenters. The zero-order valence-electron chi connectivity index (χ0n) is 30.9. The summed E-state index contributed by atoms with van der Waals surface area (Å²) in [4.78, 5) is 27.3. The lowest BCUT2D eigenvalue weighted by Crippen LogP contribution is -2.45. The number of carbonyl (C=O) groups is 2. The van der Waals surface area contributed by atoms with Crippen LogP contribution >= 0.6 is 8.53 Å². The molecule has 0 aromatic rings. The third-order valence-corrected chi connectivity index (χ3v) is 11.3. The first-order valence-electron chi connectivity index (χ1n) is 18.4. The number of unbranched alkanes of at least 4 members (excludes halogenated alkanes) is 4. The molecule has 1 amide bonds. The number of rotatable bonds is 26. The Morgan fingerprint density at radius 2 is 1.31 bits per heavy atom. The van der Waals surface area contributed by atoms with Crippen molar-refractivity contribution in [1.29, 1.82) is 0 Å². The lowest BCUT2D eigenvalue weighted by molar-refractivity contribution is -0.248. The highest BCUT2D eigenvalue weighted by Crippen LogP contribution is 2.45. The lowest BCUT2D eigenvalue weighted by Gasteiger charge is -2.43. The average molecular weight is 659 g/mol. The quantitative estimate of drug-likeness (QED) is 0.0678. The van der Waals surface area contributed by atoms with Gasteiger partial charge in [-0.25, -0.2) is 4.67 Å². The van der Waals surface area contributed by atoms with Crippen LogP contribution in [0.25, 0.3) is 0 Å². The Labute approximate surface area is 279 Å². The van der Waals surface area contributed by atoms with E-state index in [0.717, 1.165) is 64.3 Å². The van der Waals surface area contributed by atoms with Gasteiger partial charge in [-0.3, -0.25) is 9.59 Å². The van der Waals surface area contributed by atoms with Crippen LogP contribution in [0.4, 0.5) is 0 Å². The summed E-state index contributed by atoms with van der Waals surface area (Å²) in [5.41, 5.74) is 0. The molecule has 0 aromatic carbocycles. The third kappa shape index (κ3) is 16.4. The van der Waals surface area contributed by atoms with E-state index in [1.165, 1.54) is 0 Å². The Kier molecular flexibility index (Phi) is 23.1. The van der Waals surface area contributed by atoms with Crippen LogP contribution in [0.15, 0.2) is 0 Å². The van der Waals surface area contributed by atoms with Gasteiger partial charge in [0, 0.05) is 57.0 Å². The molecule has 0 radical (unpaired) electrons. The minimum atomic E-state index is -1.15. The summed E-state index contributed by atoms with van der Waals surface area (Å²) in [6, 6.07) is 0.646. The summed E-state index contributed by atoms with van der Waals surface area (Å²) in [5, 5.41) is 0. The fraction of sp³-hybridized carbons (Fsp3) is 0.944. The molecule has 0 spiro atoms. The van der Waals surface area contributed by atoms with E-state index in [1.54, 1.807) is 0 Å². The van der Waals surface area contributed by atoms with E-state index in [1.807, 2.05) is 4.90 Å². The van der Waals surface area contributed by atoms with Crippen LogP contribution < -0.4 is 0 Å². The number of Topliss-reactive ketones (excluding diaryl/α,β-unsaturated/α-hetero) is 1. The van der Waals surface area contributed by atoms with Crippen molar-refractivity contribution in [2.45, 2.75) is 171 Å². The Morgan fingerprint density at radius 3 is 1.89 bits per heavy atom. The van der Waals surface area contributed by atoms with Crippen LogP contribution in [0.5, 0.6) is 0 Å². The molecule has 0 saturated carbocycles. The van der Waals surface area contributed by atoms with E-state index in [0.29, 0.717) is 81.2 Å². The van der Waals surface area contributed by atoms with Gasteiger partial charge in [0.2, 0.25) is 5.91 Å². The minimum absolute atomic E-state index is 0.130. The molecule has 0 bridgehead atoms. The van der Waals surface area contributed by atoms with Crippen molar-refractivity contribution >= 4 is 20.2 Å². The molecule has 45 heavy (non-hydrogen) atoms. The van der Waals surface area contributed by atoms with Crippen LogP contribution in [-0.4, -0.2) is 78.6 Å². The summed E-state index contributed by atoms with van der Waals surface area (Å²) in [5.74, 6) is 2.06. The molecule has 1 aliphatic heterocycles. The van der Waals surface area contributed by atoms with Gasteiger partial charge >= 0.3 is 0 Å². The highest BCUT2D eigenvalue weighted by Gasteiger charge is 2.38. The van der Waals surface area contributed by atoms with Crippen molar-refractivity contribution in [1.82, 2.24) is 9.57 Å². The van der Waals surface area contributed by atoms with Crippen LogP contribution in [0.1, 0.15) is 146 Å². The number of ketones is 1. The van der Waals surface area contributed by atoms with Gasteiger partial charge in [-0.15, -0.1) is 0 Å². The molecular formula is C36H71N2O6P. The number of hydrogen-bond donors (Lipinski definition) is 0. The van der Waals surface area contributed by atoms with Crippen LogP contribution in [0, 0.1) is 17.8 Å². The normalized spacial score (nSPS) is 22.8. The first-order chi connectivity index (χ1) is 21.5. The Morgan fingerprint density at radius 1 is 0.711 bits per heavy atom. The van der Waals surface area contributed by atoms with Crippen LogP contribution in [0.3, 0.4) is 0 Å². The summed E-state index contributed by atoms with van der Waals surface area (Å²) in [6.07, 6.45) is 10.3. The Bertz CT molecular complexity index is 775. The summed E-state index contributed by atoms with van der Waals surface area (Å²) < 4.78 is 27.0. The number of ether oxygens (including phenoxy) is 2. The first-order valence-corrected chi connectivity index (χ1v) is 19.5. The Balaban J connectivity index is 2.25. The number of hydrogen-bond acceptors (Lipinski definition) is 7. The lowest BCUT2D eigenvalue weighted by atomic mass is 9.78. The van der Waals surface area contributed by atoms with Gasteiger partial charge in [0.15, 0.2) is 6.29 Å². The molecule has 1 heterocycles. The molecule has 1 aliphatic rings. The molecule has 8 nitrogen and oxygen atoms in total.